The first-order chi connectivity index (χ1) is 31.4. The van der Waals surface area contributed by atoms with Gasteiger partial charge in [-0.2, -0.15) is 0 Å². The molecular weight excluding hydrogens is 769 g/mol. The van der Waals surface area contributed by atoms with Crippen LogP contribution in [0.25, 0.3) is 259 Å². The molecule has 0 bridgehead atoms. The van der Waals surface area contributed by atoms with Crippen LogP contribution in [-0.4, -0.2) is 0 Å². The number of ether oxygens (including phenoxy) is 3. The monoisotopic (exact) mass is 768 g/mol. The molecule has 3 nitrogen and oxygen atoms in total. The van der Waals surface area contributed by atoms with Crippen molar-refractivity contribution in [3.63, 3.8) is 0 Å². The van der Waals surface area contributed by atoms with Gasteiger partial charge in [0.2, 0.25) is 0 Å². The van der Waals surface area contributed by atoms with Crippen LogP contribution in [-0.2, 0) is 47.8 Å². The molecule has 25 aromatic carbocycles. The van der Waals surface area contributed by atoms with E-state index in [2.05, 4.69) is 0 Å². The third-order valence-corrected chi connectivity index (χ3v) is 25.4. The lowest BCUT2D eigenvalue weighted by atomic mass is 9.52. The van der Waals surface area contributed by atoms with E-state index in [4.69, 9.17) is 14.2 Å². The maximum absolute atomic E-state index is 8.42. The molecular formula is C60O3. The van der Waals surface area contributed by atoms with E-state index in [1.54, 1.807) is 292 Å². The molecule has 10 aliphatic rings. The standard InChI is InChI=1S/C60O3/c61-55-49-40-31-22-13-7-1-2-4-6-5-3(1)9-14-10(5)20-21-12(6)15-11(4)19-18(8(2)13)27-32(22)41(40)50-47-38(27)28(19)35-24(15)36-30(21)39-29(20)34-23(14)33-26-17(9)16(7)25(31)37(26)46(49)51-42(33)43(34)52-48(39)54-45(36)44(35)53(47)59(56(50,55)61)60(54,63-59)58(52)57(51,55)62-58. The highest BCUT2D eigenvalue weighted by atomic mass is 16.8. The Morgan fingerprint density at radius 3 is 0.333 bits per heavy atom. The highest BCUT2D eigenvalue weighted by molar-refractivity contribution is 6.80. The highest BCUT2D eigenvalue weighted by Gasteiger charge is 3.18. The van der Waals surface area contributed by atoms with Crippen LogP contribution in [0.4, 0.5) is 0 Å². The predicted octanol–water partition coefficient (Wildman–Crippen LogP) is 14.2. The Balaban J connectivity index is 1.26. The van der Waals surface area contributed by atoms with Crippen molar-refractivity contribution in [2.75, 3.05) is 0 Å². The number of benzene rings is 16. The lowest BCUT2D eigenvalue weighted by molar-refractivity contribution is 0.153. The minimum atomic E-state index is -0.614. The lowest BCUT2D eigenvalue weighted by Crippen LogP contribution is -2.53. The van der Waals surface area contributed by atoms with Crippen LogP contribution in [0, 0.1) is 0 Å². The Morgan fingerprint density at radius 2 is 0.206 bits per heavy atom. The van der Waals surface area contributed by atoms with Gasteiger partial charge in [0.05, 0.1) is 0 Å². The van der Waals surface area contributed by atoms with Gasteiger partial charge >= 0.3 is 0 Å². The first-order valence-corrected chi connectivity index (χ1v) is 23.7. The molecule has 3 aliphatic heterocycles. The zero-order chi connectivity index (χ0) is 36.3. The van der Waals surface area contributed by atoms with Crippen LogP contribution in [0.2, 0.25) is 0 Å². The third kappa shape index (κ3) is 0.926. The van der Waals surface area contributed by atoms with Gasteiger partial charge in [-0.3, -0.25) is 0 Å². The van der Waals surface area contributed by atoms with Gasteiger partial charge in [-0.05, 0) is 259 Å². The summed E-state index contributed by atoms with van der Waals surface area (Å²) in [4.78, 5) is 0. The van der Waals surface area contributed by atoms with E-state index in [9.17, 15) is 0 Å². The lowest BCUT2D eigenvalue weighted by Gasteiger charge is -2.37. The van der Waals surface area contributed by atoms with E-state index in [0.29, 0.717) is 0 Å². The van der Waals surface area contributed by atoms with Crippen molar-refractivity contribution < 1.29 is 14.2 Å². The molecule has 7 aliphatic carbocycles. The molecule has 0 unspecified atom stereocenters. The summed E-state index contributed by atoms with van der Waals surface area (Å²) in [6.07, 6.45) is 0. The van der Waals surface area contributed by atoms with Gasteiger partial charge in [0.25, 0.3) is 0 Å². The SMILES string of the molecule is O1C23c4c5c6c7c8c9c%10c%11c%12c%13c%14c%15c(c%16c4c4c%17c5c5c7c7c8c8c%10c%10c%12c%12c%13c%13c%15c%15c%16c4c4c%16c%17c5c5c7c7c8c%10c8c%12c%10c%13c%15c4c4c%16c5c7c8c%104)C12C%141OC%111C91OC631. The van der Waals surface area contributed by atoms with Crippen molar-refractivity contribution in [3.8, 4) is 0 Å². The fourth-order valence-electron chi connectivity index (χ4n) is 25.8. The molecule has 0 radical (unpaired) electrons. The summed E-state index contributed by atoms with van der Waals surface area (Å²) in [5.41, 5.74) is 5.56. The van der Waals surface area contributed by atoms with Crippen LogP contribution < -0.4 is 0 Å². The van der Waals surface area contributed by atoms with Crippen molar-refractivity contribution in [2.24, 2.45) is 0 Å². The minimum Gasteiger partial charge on any atom is -0.345 e. The summed E-state index contributed by atoms with van der Waals surface area (Å²) in [5, 5.41) is 77.2. The van der Waals surface area contributed by atoms with E-state index in [0.717, 1.165) is 0 Å². The molecule has 3 heteroatoms. The van der Waals surface area contributed by atoms with Crippen molar-refractivity contribution in [1.29, 1.82) is 0 Å². The van der Waals surface area contributed by atoms with Crippen LogP contribution in [0.1, 0.15) is 33.4 Å². The van der Waals surface area contributed by atoms with Gasteiger partial charge in [0.15, 0.2) is 33.6 Å². The molecule has 63 heavy (non-hydrogen) atoms. The zero-order valence-corrected chi connectivity index (χ0v) is 31.2. The van der Waals surface area contributed by atoms with Gasteiger partial charge in [-0.1, -0.05) is 0 Å². The Hall–Kier alpha value is -7.14. The average molecular weight is 769 g/mol. The van der Waals surface area contributed by atoms with Crippen LogP contribution in [0.15, 0.2) is 0 Å². The molecule has 4 fully saturated rings. The second-order valence-electron chi connectivity index (χ2n) is 24.6. The summed E-state index contributed by atoms with van der Waals surface area (Å²) in [6.45, 7) is 0. The van der Waals surface area contributed by atoms with Gasteiger partial charge in [0, 0.05) is 33.4 Å². The van der Waals surface area contributed by atoms with Crippen molar-refractivity contribution in [2.45, 2.75) is 33.6 Å². The maximum atomic E-state index is 8.42. The van der Waals surface area contributed by atoms with Gasteiger partial charge in [-0.25, -0.2) is 0 Å². The maximum Gasteiger partial charge on any atom is 0.169 e. The smallest absolute Gasteiger partial charge is 0.169 e. The Labute approximate surface area is 338 Å². The molecule has 3 heterocycles. The van der Waals surface area contributed by atoms with Gasteiger partial charge in [0.1, 0.15) is 0 Å². The molecule has 258 valence electrons. The molecule has 0 N–H and O–H groups in total. The largest absolute Gasteiger partial charge is 0.345 e. The number of epoxide rings is 3. The number of hydrogen-bond acceptors (Lipinski definition) is 3. The number of rotatable bonds is 0. The summed E-state index contributed by atoms with van der Waals surface area (Å²) in [5.74, 6) is 0. The van der Waals surface area contributed by atoms with E-state index >= 15 is 0 Å². The van der Waals surface area contributed by atoms with Crippen LogP contribution in [0.5, 0.6) is 0 Å². The summed E-state index contributed by atoms with van der Waals surface area (Å²) < 4.78 is 25.3. The molecule has 0 amide bonds. The van der Waals surface area contributed by atoms with Crippen molar-refractivity contribution >= 4 is 259 Å². The van der Waals surface area contributed by atoms with E-state index < -0.39 is 33.6 Å². The summed E-state index contributed by atoms with van der Waals surface area (Å²) in [7, 11) is 0. The molecule has 0 aromatic heterocycles. The van der Waals surface area contributed by atoms with Gasteiger partial charge < -0.3 is 14.2 Å². The highest BCUT2D eigenvalue weighted by Crippen LogP contribution is 3.09. The second-order valence-corrected chi connectivity index (χ2v) is 24.6. The number of hydrogen-bond donors (Lipinski definition) is 0. The van der Waals surface area contributed by atoms with Gasteiger partial charge in [-0.15, -0.1) is 0 Å². The topological polar surface area (TPSA) is 37.6 Å². The third-order valence-electron chi connectivity index (χ3n) is 25.4. The molecule has 3 saturated heterocycles. The molecule has 6 spiro atoms. The quantitative estimate of drug-likeness (QED) is 0.114. The first-order valence-electron chi connectivity index (χ1n) is 23.7. The normalized spacial score (nSPS) is 34.9. The Bertz CT molecular complexity index is 5940. The van der Waals surface area contributed by atoms with Crippen molar-refractivity contribution in [1.82, 2.24) is 0 Å². The summed E-state index contributed by atoms with van der Waals surface area (Å²) in [6, 6.07) is 0. The molecule has 0 atom stereocenters. The molecule has 25 aromatic rings. The first kappa shape index (κ1) is 21.3. The Kier molecular flexibility index (Phi) is 1.43. The van der Waals surface area contributed by atoms with E-state index in [-0.39, 0.29) is 0 Å². The van der Waals surface area contributed by atoms with E-state index in [1.807, 2.05) is 0 Å². The minimum absolute atomic E-state index is 0.614. The molecule has 35 rings (SSSR count). The zero-order valence-electron chi connectivity index (χ0n) is 31.2. The Morgan fingerprint density at radius 1 is 0.111 bits per heavy atom. The predicted molar refractivity (Wildman–Crippen MR) is 248 cm³/mol. The second kappa shape index (κ2) is 4.23. The fourth-order valence-corrected chi connectivity index (χ4v) is 25.8. The van der Waals surface area contributed by atoms with Crippen LogP contribution in [0.3, 0.4) is 0 Å². The van der Waals surface area contributed by atoms with E-state index in [1.165, 1.54) is 0 Å². The average Bonchev–Trinajstić information content (AvgIpc) is 3.57. The fraction of sp³-hybridized carbons (Fsp3) is 0.100. The van der Waals surface area contributed by atoms with Crippen molar-refractivity contribution in [3.05, 3.63) is 33.4 Å². The summed E-state index contributed by atoms with van der Waals surface area (Å²) >= 11 is 0. The molecule has 1 saturated carbocycles. The van der Waals surface area contributed by atoms with Crippen LogP contribution >= 0.6 is 0 Å².